The number of halogens is 1. The Balaban J connectivity index is 1.11. The van der Waals surface area contributed by atoms with Crippen molar-refractivity contribution in [3.05, 3.63) is 145 Å². The summed E-state index contributed by atoms with van der Waals surface area (Å²) < 4.78 is 4.79. The molecule has 0 amide bonds. The Morgan fingerprint density at radius 2 is 0.844 bits per heavy atom. The molecule has 0 spiro atoms. The average molecular weight is 648 g/mol. The topological polar surface area (TPSA) is 9.86 Å². The van der Waals surface area contributed by atoms with Gasteiger partial charge in [0.1, 0.15) is 0 Å². The van der Waals surface area contributed by atoms with Crippen molar-refractivity contribution >= 4 is 59.5 Å². The van der Waals surface area contributed by atoms with E-state index in [2.05, 4.69) is 165 Å². The van der Waals surface area contributed by atoms with Gasteiger partial charge in [-0.2, -0.15) is 0 Å². The van der Waals surface area contributed by atoms with Gasteiger partial charge in [-0.3, -0.25) is 0 Å². The van der Waals surface area contributed by atoms with Gasteiger partial charge < -0.3 is 9.13 Å². The van der Waals surface area contributed by atoms with E-state index in [-0.39, 0.29) is 0 Å². The zero-order chi connectivity index (χ0) is 30.2. The van der Waals surface area contributed by atoms with E-state index >= 15 is 0 Å². The Morgan fingerprint density at radius 3 is 1.36 bits per heavy atom. The smallest absolute Gasteiger partial charge is 0.0541 e. The van der Waals surface area contributed by atoms with Crippen molar-refractivity contribution in [3.8, 4) is 22.5 Å². The molecule has 8 aromatic rings. The van der Waals surface area contributed by atoms with Gasteiger partial charge in [-0.15, -0.1) is 0 Å². The summed E-state index contributed by atoms with van der Waals surface area (Å²) in [5.41, 5.74) is 11.2. The number of para-hydroxylation sites is 3. The van der Waals surface area contributed by atoms with Gasteiger partial charge in [-0.1, -0.05) is 114 Å². The number of alkyl halides is 1. The van der Waals surface area contributed by atoms with Gasteiger partial charge in [0, 0.05) is 38.2 Å². The first-order valence-corrected chi connectivity index (χ1v) is 17.2. The zero-order valence-corrected chi connectivity index (χ0v) is 26.9. The van der Waals surface area contributed by atoms with Gasteiger partial charge >= 0.3 is 0 Å². The highest BCUT2D eigenvalue weighted by Gasteiger charge is 2.14. The van der Waals surface area contributed by atoms with Crippen LogP contribution in [0.2, 0.25) is 0 Å². The largest absolute Gasteiger partial charge is 0.309 e. The van der Waals surface area contributed by atoms with E-state index in [4.69, 9.17) is 0 Å². The van der Waals surface area contributed by atoms with Gasteiger partial charge in [0.05, 0.1) is 22.1 Å². The quantitative estimate of drug-likeness (QED) is 0.109. The molecule has 2 nitrogen and oxygen atoms in total. The Hall–Kier alpha value is -4.60. The van der Waals surface area contributed by atoms with Gasteiger partial charge in [0.2, 0.25) is 0 Å². The highest BCUT2D eigenvalue weighted by molar-refractivity contribution is 9.09. The Bertz CT molecular complexity index is 2220. The Morgan fingerprint density at radius 1 is 0.400 bits per heavy atom. The molecule has 6 aromatic carbocycles. The number of aryl methyl sites for hydroxylation is 1. The molecule has 220 valence electrons. The average Bonchev–Trinajstić information content (AvgIpc) is 3.61. The molecular weight excluding hydrogens is 612 g/mol. The van der Waals surface area contributed by atoms with Gasteiger partial charge in [-0.05, 0) is 90.6 Å². The molecule has 0 saturated heterocycles. The second-order valence-corrected chi connectivity index (χ2v) is 12.8. The predicted octanol–water partition coefficient (Wildman–Crippen LogP) is 12.0. The minimum Gasteiger partial charge on any atom is -0.309 e. The molecule has 2 aromatic heterocycles. The first-order chi connectivity index (χ1) is 22.3. The standard InChI is InChI=1S/C42H35BrN2/c43-28-10-2-1-3-11-30-18-27-42-38(29-30)37-14-6-9-17-41(37)45(42)34-25-21-32(22-26-34)31-19-23-33(24-20-31)44-39-15-7-4-12-35(39)36-13-5-8-16-40(36)44/h4-9,12-27,29H,1-3,10-11,28H2. The van der Waals surface area contributed by atoms with Crippen molar-refractivity contribution in [1.29, 1.82) is 0 Å². The molecular formula is C42H35BrN2. The zero-order valence-electron chi connectivity index (χ0n) is 25.3. The maximum Gasteiger partial charge on any atom is 0.0541 e. The number of hydrogen-bond donors (Lipinski definition) is 0. The van der Waals surface area contributed by atoms with Gasteiger partial charge in [0.25, 0.3) is 0 Å². The minimum absolute atomic E-state index is 1.11. The van der Waals surface area contributed by atoms with Crippen molar-refractivity contribution < 1.29 is 0 Å². The summed E-state index contributed by atoms with van der Waals surface area (Å²) in [6.07, 6.45) is 6.24. The fourth-order valence-corrected chi connectivity index (χ4v) is 7.43. The van der Waals surface area contributed by atoms with E-state index in [1.54, 1.807) is 0 Å². The van der Waals surface area contributed by atoms with Crippen LogP contribution in [0.5, 0.6) is 0 Å². The molecule has 0 aliphatic heterocycles. The molecule has 0 unspecified atom stereocenters. The molecule has 0 radical (unpaired) electrons. The number of aromatic nitrogens is 2. The van der Waals surface area contributed by atoms with E-state index < -0.39 is 0 Å². The minimum atomic E-state index is 1.11. The first-order valence-electron chi connectivity index (χ1n) is 16.1. The van der Waals surface area contributed by atoms with Crippen LogP contribution in [0.4, 0.5) is 0 Å². The number of fused-ring (bicyclic) bond motifs is 6. The van der Waals surface area contributed by atoms with Crippen LogP contribution in [0.15, 0.2) is 140 Å². The Labute approximate surface area is 272 Å². The third-order valence-electron chi connectivity index (χ3n) is 9.25. The third kappa shape index (κ3) is 5.06. The van der Waals surface area contributed by atoms with Crippen molar-refractivity contribution in [1.82, 2.24) is 9.13 Å². The van der Waals surface area contributed by atoms with Crippen LogP contribution in [-0.2, 0) is 6.42 Å². The van der Waals surface area contributed by atoms with E-state index in [0.717, 1.165) is 11.8 Å². The van der Waals surface area contributed by atoms with E-state index in [1.807, 2.05) is 0 Å². The van der Waals surface area contributed by atoms with Crippen LogP contribution >= 0.6 is 15.9 Å². The summed E-state index contributed by atoms with van der Waals surface area (Å²) >= 11 is 3.55. The lowest BCUT2D eigenvalue weighted by Gasteiger charge is -2.11. The summed E-state index contributed by atoms with van der Waals surface area (Å²) in [4.78, 5) is 0. The fourth-order valence-electron chi connectivity index (χ4n) is 7.04. The lowest BCUT2D eigenvalue weighted by molar-refractivity contribution is 0.672. The first kappa shape index (κ1) is 27.9. The van der Waals surface area contributed by atoms with Crippen LogP contribution in [0, 0.1) is 0 Å². The van der Waals surface area contributed by atoms with Crippen LogP contribution in [0.3, 0.4) is 0 Å². The summed E-state index contributed by atoms with van der Waals surface area (Å²) in [7, 11) is 0. The van der Waals surface area contributed by atoms with Crippen LogP contribution in [-0.4, -0.2) is 14.5 Å². The van der Waals surface area contributed by atoms with Crippen LogP contribution in [0.1, 0.15) is 31.2 Å². The molecule has 0 bridgehead atoms. The summed E-state index contributed by atoms with van der Waals surface area (Å²) in [5, 5.41) is 6.34. The lowest BCUT2D eigenvalue weighted by atomic mass is 10.0. The van der Waals surface area contributed by atoms with E-state index in [9.17, 15) is 0 Å². The highest BCUT2D eigenvalue weighted by atomic mass is 79.9. The van der Waals surface area contributed by atoms with Crippen molar-refractivity contribution in [2.75, 3.05) is 5.33 Å². The number of nitrogens with zero attached hydrogens (tertiary/aromatic N) is 2. The summed E-state index contributed by atoms with van der Waals surface area (Å²) in [6.45, 7) is 0. The predicted molar refractivity (Wildman–Crippen MR) is 197 cm³/mol. The summed E-state index contributed by atoms with van der Waals surface area (Å²) in [5.74, 6) is 0. The number of rotatable bonds is 9. The molecule has 2 heterocycles. The normalized spacial score (nSPS) is 11.8. The van der Waals surface area contributed by atoms with E-state index in [1.165, 1.54) is 97.4 Å². The van der Waals surface area contributed by atoms with Gasteiger partial charge in [0.15, 0.2) is 0 Å². The number of benzene rings is 6. The molecule has 0 aliphatic carbocycles. The second kappa shape index (κ2) is 12.1. The second-order valence-electron chi connectivity index (χ2n) is 12.0. The molecule has 0 aliphatic rings. The molecule has 0 N–H and O–H groups in total. The molecule has 0 fully saturated rings. The van der Waals surface area contributed by atoms with E-state index in [0.29, 0.717) is 0 Å². The van der Waals surface area contributed by atoms with Crippen LogP contribution in [0.25, 0.3) is 66.1 Å². The van der Waals surface area contributed by atoms with Crippen LogP contribution < -0.4 is 0 Å². The third-order valence-corrected chi connectivity index (χ3v) is 9.81. The molecule has 0 saturated carbocycles. The Kier molecular flexibility index (Phi) is 7.48. The molecule has 0 atom stereocenters. The summed E-state index contributed by atoms with van der Waals surface area (Å²) in [6, 6.07) is 51.3. The number of hydrogen-bond acceptors (Lipinski definition) is 0. The fraction of sp³-hybridized carbons (Fsp3) is 0.143. The maximum atomic E-state index is 3.55. The molecule has 8 rings (SSSR count). The highest BCUT2D eigenvalue weighted by Crippen LogP contribution is 2.35. The maximum absolute atomic E-state index is 3.55. The van der Waals surface area contributed by atoms with Crippen molar-refractivity contribution in [3.63, 3.8) is 0 Å². The lowest BCUT2D eigenvalue weighted by Crippen LogP contribution is -1.95. The molecule has 45 heavy (non-hydrogen) atoms. The van der Waals surface area contributed by atoms with Gasteiger partial charge in [-0.25, -0.2) is 0 Å². The molecule has 3 heteroatoms. The van der Waals surface area contributed by atoms with Crippen molar-refractivity contribution in [2.45, 2.75) is 32.1 Å². The van der Waals surface area contributed by atoms with Crippen molar-refractivity contribution in [2.24, 2.45) is 0 Å². The SMILES string of the molecule is BrCCCCCCc1ccc2c(c1)c1ccccc1n2-c1ccc(-c2ccc(-n3c4ccccc4c4ccccc43)cc2)cc1. The monoisotopic (exact) mass is 646 g/mol. The number of unbranched alkanes of at least 4 members (excludes halogenated alkanes) is 3.